The minimum atomic E-state index is -0.698. The molecular weight excluding hydrogens is 484 g/mol. The minimum Gasteiger partial charge on any atom is -0.507 e. The number of rotatable bonds is 6. The monoisotopic (exact) mass is 509 g/mol. The molecule has 5 rings (SSSR count). The molecule has 192 valence electrons. The molecule has 2 bridgehead atoms. The first-order valence-electron chi connectivity index (χ1n) is 11.9. The lowest BCUT2D eigenvalue weighted by atomic mass is 9.95. The predicted octanol–water partition coefficient (Wildman–Crippen LogP) is 4.43. The van der Waals surface area contributed by atoms with Crippen LogP contribution in [0.5, 0.6) is 23.1 Å². The molecule has 3 heterocycles. The number of methoxy groups -OCH3 is 1. The fourth-order valence-corrected chi connectivity index (χ4v) is 5.13. The van der Waals surface area contributed by atoms with Gasteiger partial charge in [-0.25, -0.2) is 13.8 Å². The van der Waals surface area contributed by atoms with Crippen LogP contribution in [0.25, 0.3) is 0 Å². The Hall–Kier alpha value is -4.21. The Bertz CT molecular complexity index is 1320. The highest BCUT2D eigenvalue weighted by molar-refractivity contribution is 5.98. The Balaban J connectivity index is 1.29. The van der Waals surface area contributed by atoms with E-state index in [2.05, 4.69) is 10.3 Å². The Kier molecular flexibility index (Phi) is 6.64. The van der Waals surface area contributed by atoms with Crippen molar-refractivity contribution in [3.05, 3.63) is 77.5 Å². The molecule has 0 aliphatic carbocycles. The Morgan fingerprint density at radius 3 is 2.30 bits per heavy atom. The maximum Gasteiger partial charge on any atom is 0.258 e. The summed E-state index contributed by atoms with van der Waals surface area (Å²) in [5, 5.41) is 13.3. The van der Waals surface area contributed by atoms with Crippen LogP contribution in [0.3, 0.4) is 0 Å². The molecule has 0 saturated carbocycles. The molecule has 2 unspecified atom stereocenters. The standard InChI is InChI=1S/C27H25F2N3O5/c1-36-21-8-9-22(24(33)13-21)27(35)32-18-4-5-19(32)12-17(11-18)31-25(34)23-10-16(29)14-30-26(23)37-20-6-2-15(28)3-7-20/h2-3,6-10,13-14,17-19,33H,4-5,11-12H2,1H3,(H,31,34). The molecule has 1 aromatic heterocycles. The summed E-state index contributed by atoms with van der Waals surface area (Å²) in [4.78, 5) is 32.1. The van der Waals surface area contributed by atoms with E-state index in [0.29, 0.717) is 18.6 Å². The van der Waals surface area contributed by atoms with Crippen molar-refractivity contribution < 1.29 is 33.0 Å². The molecule has 0 radical (unpaired) electrons. The number of fused-ring (bicyclic) bond motifs is 2. The van der Waals surface area contributed by atoms with Crippen LogP contribution in [0.1, 0.15) is 46.4 Å². The highest BCUT2D eigenvalue weighted by atomic mass is 19.1. The third kappa shape index (κ3) is 5.04. The third-order valence-electron chi connectivity index (χ3n) is 6.83. The van der Waals surface area contributed by atoms with E-state index in [1.54, 1.807) is 17.0 Å². The van der Waals surface area contributed by atoms with Gasteiger partial charge in [0, 0.05) is 24.2 Å². The zero-order chi connectivity index (χ0) is 26.1. The average Bonchev–Trinajstić information content (AvgIpc) is 3.15. The number of nitrogens with zero attached hydrogens (tertiary/aromatic N) is 2. The van der Waals surface area contributed by atoms with Crippen molar-refractivity contribution in [1.29, 1.82) is 0 Å². The van der Waals surface area contributed by atoms with Crippen LogP contribution in [0.4, 0.5) is 8.78 Å². The van der Waals surface area contributed by atoms with Crippen LogP contribution >= 0.6 is 0 Å². The number of ether oxygens (including phenoxy) is 2. The summed E-state index contributed by atoms with van der Waals surface area (Å²) >= 11 is 0. The first-order chi connectivity index (χ1) is 17.8. The average molecular weight is 510 g/mol. The summed E-state index contributed by atoms with van der Waals surface area (Å²) in [5.74, 6) is -1.50. The molecular formula is C27H25F2N3O5. The zero-order valence-electron chi connectivity index (χ0n) is 20.0. The first-order valence-corrected chi connectivity index (χ1v) is 11.9. The van der Waals surface area contributed by atoms with Gasteiger partial charge in [-0.1, -0.05) is 0 Å². The Labute approximate surface area is 211 Å². The lowest BCUT2D eigenvalue weighted by Gasteiger charge is -2.39. The number of halogens is 2. The second kappa shape index (κ2) is 10.0. The molecule has 37 heavy (non-hydrogen) atoms. The van der Waals surface area contributed by atoms with E-state index >= 15 is 0 Å². The number of carbonyl (C=O) groups is 2. The van der Waals surface area contributed by atoms with E-state index in [-0.39, 0.29) is 52.5 Å². The van der Waals surface area contributed by atoms with Crippen LogP contribution in [0.2, 0.25) is 0 Å². The molecule has 2 aromatic carbocycles. The van der Waals surface area contributed by atoms with Crippen molar-refractivity contribution in [2.75, 3.05) is 7.11 Å². The quantitative estimate of drug-likeness (QED) is 0.510. The summed E-state index contributed by atoms with van der Waals surface area (Å²) in [6.07, 6.45) is 3.53. The normalized spacial score (nSPS) is 20.4. The molecule has 0 spiro atoms. The molecule has 2 N–H and O–H groups in total. The number of pyridine rings is 1. The van der Waals surface area contributed by atoms with Gasteiger partial charge in [0.05, 0.1) is 18.9 Å². The zero-order valence-corrected chi connectivity index (χ0v) is 20.0. The van der Waals surface area contributed by atoms with Crippen molar-refractivity contribution >= 4 is 11.8 Å². The summed E-state index contributed by atoms with van der Waals surface area (Å²) in [6, 6.07) is 10.3. The number of piperidine rings is 1. The van der Waals surface area contributed by atoms with Gasteiger partial charge in [-0.3, -0.25) is 9.59 Å². The van der Waals surface area contributed by atoms with Crippen LogP contribution < -0.4 is 14.8 Å². The highest BCUT2D eigenvalue weighted by Crippen LogP contribution is 2.38. The fourth-order valence-electron chi connectivity index (χ4n) is 5.13. The van der Waals surface area contributed by atoms with Crippen molar-refractivity contribution in [1.82, 2.24) is 15.2 Å². The van der Waals surface area contributed by atoms with Gasteiger partial charge in [-0.05, 0) is 68.1 Å². The summed E-state index contributed by atoms with van der Waals surface area (Å²) in [7, 11) is 1.48. The second-order valence-corrected chi connectivity index (χ2v) is 9.18. The maximum atomic E-state index is 14.0. The van der Waals surface area contributed by atoms with Crippen molar-refractivity contribution in [2.24, 2.45) is 0 Å². The molecule has 2 amide bonds. The van der Waals surface area contributed by atoms with E-state index in [1.807, 2.05) is 0 Å². The van der Waals surface area contributed by atoms with E-state index in [0.717, 1.165) is 25.1 Å². The van der Waals surface area contributed by atoms with Crippen LogP contribution in [-0.4, -0.2) is 52.0 Å². The number of aromatic hydroxyl groups is 1. The number of phenols is 1. The fraction of sp³-hybridized carbons (Fsp3) is 0.296. The second-order valence-electron chi connectivity index (χ2n) is 9.18. The van der Waals surface area contributed by atoms with Crippen LogP contribution in [0, 0.1) is 11.6 Å². The van der Waals surface area contributed by atoms with Gasteiger partial charge in [-0.2, -0.15) is 0 Å². The topological polar surface area (TPSA) is 101 Å². The number of hydrogen-bond acceptors (Lipinski definition) is 6. The number of hydrogen-bond donors (Lipinski definition) is 2. The number of carbonyl (C=O) groups excluding carboxylic acids is 2. The Morgan fingerprint density at radius 1 is 0.973 bits per heavy atom. The largest absolute Gasteiger partial charge is 0.507 e. The van der Waals surface area contributed by atoms with E-state index in [4.69, 9.17) is 9.47 Å². The van der Waals surface area contributed by atoms with Gasteiger partial charge < -0.3 is 24.8 Å². The molecule has 2 fully saturated rings. The first kappa shape index (κ1) is 24.5. The predicted molar refractivity (Wildman–Crippen MR) is 129 cm³/mol. The SMILES string of the molecule is COc1ccc(C(=O)N2C3CCC2CC(NC(=O)c2cc(F)cnc2Oc2ccc(F)cc2)C3)c(O)c1. The Morgan fingerprint density at radius 2 is 1.65 bits per heavy atom. The van der Waals surface area contributed by atoms with Crippen LogP contribution in [0.15, 0.2) is 54.7 Å². The van der Waals surface area contributed by atoms with E-state index in [1.165, 1.54) is 37.4 Å². The number of benzene rings is 2. The number of phenolic OH excluding ortho intramolecular Hbond substituents is 1. The smallest absolute Gasteiger partial charge is 0.258 e. The molecule has 2 atom stereocenters. The lowest BCUT2D eigenvalue weighted by Crippen LogP contribution is -2.52. The van der Waals surface area contributed by atoms with Crippen molar-refractivity contribution in [2.45, 2.75) is 43.8 Å². The van der Waals surface area contributed by atoms with Crippen LogP contribution in [-0.2, 0) is 0 Å². The van der Waals surface area contributed by atoms with Gasteiger partial charge in [0.2, 0.25) is 5.88 Å². The number of nitrogens with one attached hydrogen (secondary N) is 1. The minimum absolute atomic E-state index is 0.0849. The lowest BCUT2D eigenvalue weighted by molar-refractivity contribution is 0.0546. The molecule has 2 saturated heterocycles. The molecule has 2 aliphatic heterocycles. The van der Waals surface area contributed by atoms with Crippen molar-refractivity contribution in [3.8, 4) is 23.1 Å². The summed E-state index contributed by atoms with van der Waals surface area (Å²) < 4.78 is 37.9. The maximum absolute atomic E-state index is 14.0. The van der Waals surface area contributed by atoms with E-state index < -0.39 is 17.5 Å². The van der Waals surface area contributed by atoms with Gasteiger partial charge in [0.25, 0.3) is 11.8 Å². The van der Waals surface area contributed by atoms with E-state index in [9.17, 15) is 23.5 Å². The van der Waals surface area contributed by atoms with Gasteiger partial charge in [-0.15, -0.1) is 0 Å². The molecule has 8 nitrogen and oxygen atoms in total. The summed E-state index contributed by atoms with van der Waals surface area (Å²) in [6.45, 7) is 0. The summed E-state index contributed by atoms with van der Waals surface area (Å²) in [5.41, 5.74) is 0.118. The van der Waals surface area contributed by atoms with Crippen molar-refractivity contribution in [3.63, 3.8) is 0 Å². The number of amides is 2. The van der Waals surface area contributed by atoms with Gasteiger partial charge in [0.1, 0.15) is 34.4 Å². The molecule has 2 aliphatic rings. The third-order valence-corrected chi connectivity index (χ3v) is 6.83. The number of aromatic nitrogens is 1. The highest BCUT2D eigenvalue weighted by Gasteiger charge is 2.44. The molecule has 3 aromatic rings. The van der Waals surface area contributed by atoms with Gasteiger partial charge >= 0.3 is 0 Å². The molecule has 10 heteroatoms. The van der Waals surface area contributed by atoms with Gasteiger partial charge in [0.15, 0.2) is 0 Å².